The van der Waals surface area contributed by atoms with Crippen LogP contribution < -0.4 is 14.8 Å². The predicted octanol–water partition coefficient (Wildman–Crippen LogP) is 1.95. The Balaban J connectivity index is 1.75. The Labute approximate surface area is 142 Å². The highest BCUT2D eigenvalue weighted by Gasteiger charge is 2.35. The quantitative estimate of drug-likeness (QED) is 0.897. The molecule has 1 aromatic rings. The van der Waals surface area contributed by atoms with Crippen molar-refractivity contribution >= 4 is 21.6 Å². The monoisotopic (exact) mass is 354 g/mol. The second-order valence-electron chi connectivity index (χ2n) is 6.64. The van der Waals surface area contributed by atoms with Gasteiger partial charge in [0.15, 0.2) is 11.5 Å². The molecule has 0 saturated carbocycles. The molecule has 2 heterocycles. The average molecular weight is 354 g/mol. The second-order valence-corrected chi connectivity index (χ2v) is 8.58. The molecule has 3 rings (SSSR count). The summed E-state index contributed by atoms with van der Waals surface area (Å²) in [6.07, 6.45) is 3.27. The van der Waals surface area contributed by atoms with E-state index in [1.807, 2.05) is 0 Å². The maximum absolute atomic E-state index is 12.6. The first kappa shape index (κ1) is 17.0. The first-order valence-corrected chi connectivity index (χ1v) is 9.80. The van der Waals surface area contributed by atoms with Gasteiger partial charge in [0, 0.05) is 32.1 Å². The number of carbonyl (C=O) groups excluding carboxylic acids is 1. The van der Waals surface area contributed by atoms with Crippen molar-refractivity contribution < 1.29 is 22.7 Å². The third-order valence-electron chi connectivity index (χ3n) is 4.11. The number of ether oxygens (including phenoxy) is 2. The number of anilines is 1. The van der Waals surface area contributed by atoms with E-state index in [0.717, 1.165) is 19.1 Å². The molecule has 24 heavy (non-hydrogen) atoms. The molecule has 132 valence electrons. The van der Waals surface area contributed by atoms with Crippen molar-refractivity contribution in [3.05, 3.63) is 18.2 Å². The van der Waals surface area contributed by atoms with Crippen LogP contribution in [-0.4, -0.2) is 43.3 Å². The summed E-state index contributed by atoms with van der Waals surface area (Å²) < 4.78 is 36.3. The van der Waals surface area contributed by atoms with Crippen LogP contribution >= 0.6 is 0 Å². The van der Waals surface area contributed by atoms with E-state index >= 15 is 0 Å². The number of hydrogen-bond donors (Lipinski definition) is 1. The molecule has 2 aliphatic heterocycles. The van der Waals surface area contributed by atoms with Crippen molar-refractivity contribution in [2.45, 2.75) is 44.9 Å². The SMILES string of the molecule is CC1(C)Oc2ccc(NC(=O)[C@H]3CCCCN3S(C)(=O)=O)cc2O1. The molecule has 0 aromatic heterocycles. The number of carbonyl (C=O) groups is 1. The molecule has 1 atom stereocenters. The van der Waals surface area contributed by atoms with Crippen LogP contribution in [0.5, 0.6) is 11.5 Å². The van der Waals surface area contributed by atoms with Crippen LogP contribution in [0, 0.1) is 0 Å². The Morgan fingerprint density at radius 1 is 1.25 bits per heavy atom. The van der Waals surface area contributed by atoms with E-state index in [2.05, 4.69) is 5.32 Å². The summed E-state index contributed by atoms with van der Waals surface area (Å²) in [6.45, 7) is 3.99. The van der Waals surface area contributed by atoms with E-state index in [1.54, 1.807) is 32.0 Å². The molecule has 0 spiro atoms. The fraction of sp³-hybridized carbons (Fsp3) is 0.562. The minimum absolute atomic E-state index is 0.321. The zero-order valence-corrected chi connectivity index (χ0v) is 14.9. The van der Waals surface area contributed by atoms with Gasteiger partial charge in [0.1, 0.15) is 6.04 Å². The van der Waals surface area contributed by atoms with Crippen molar-refractivity contribution in [1.29, 1.82) is 0 Å². The van der Waals surface area contributed by atoms with Crippen LogP contribution in [0.2, 0.25) is 0 Å². The van der Waals surface area contributed by atoms with Crippen molar-refractivity contribution in [2.24, 2.45) is 0 Å². The van der Waals surface area contributed by atoms with Crippen molar-refractivity contribution in [1.82, 2.24) is 4.31 Å². The van der Waals surface area contributed by atoms with Gasteiger partial charge < -0.3 is 14.8 Å². The normalized spacial score (nSPS) is 23.0. The lowest BCUT2D eigenvalue weighted by Gasteiger charge is -2.32. The zero-order chi connectivity index (χ0) is 17.5. The first-order chi connectivity index (χ1) is 11.2. The Morgan fingerprint density at radius 3 is 2.67 bits per heavy atom. The minimum Gasteiger partial charge on any atom is -0.449 e. The molecule has 0 radical (unpaired) electrons. The third kappa shape index (κ3) is 3.49. The van der Waals surface area contributed by atoms with Gasteiger partial charge in [-0.3, -0.25) is 4.79 Å². The zero-order valence-electron chi connectivity index (χ0n) is 14.0. The number of piperidine rings is 1. The van der Waals surface area contributed by atoms with E-state index < -0.39 is 21.9 Å². The molecular weight excluding hydrogens is 332 g/mol. The van der Waals surface area contributed by atoms with Gasteiger partial charge in [-0.05, 0) is 25.0 Å². The third-order valence-corrected chi connectivity index (χ3v) is 5.39. The van der Waals surface area contributed by atoms with Gasteiger partial charge in [-0.1, -0.05) is 6.42 Å². The van der Waals surface area contributed by atoms with E-state index in [9.17, 15) is 13.2 Å². The van der Waals surface area contributed by atoms with E-state index in [4.69, 9.17) is 9.47 Å². The lowest BCUT2D eigenvalue weighted by Crippen LogP contribution is -2.49. The van der Waals surface area contributed by atoms with Crippen LogP contribution in [0.25, 0.3) is 0 Å². The number of rotatable bonds is 3. The maximum Gasteiger partial charge on any atom is 0.246 e. The van der Waals surface area contributed by atoms with Gasteiger partial charge in [-0.15, -0.1) is 0 Å². The van der Waals surface area contributed by atoms with Crippen molar-refractivity contribution in [3.8, 4) is 11.5 Å². The highest BCUT2D eigenvalue weighted by molar-refractivity contribution is 7.88. The summed E-state index contributed by atoms with van der Waals surface area (Å²) in [7, 11) is -3.41. The van der Waals surface area contributed by atoms with Crippen molar-refractivity contribution in [3.63, 3.8) is 0 Å². The molecule has 1 aromatic carbocycles. The number of sulfonamides is 1. The molecule has 1 fully saturated rings. The highest BCUT2D eigenvalue weighted by atomic mass is 32.2. The summed E-state index contributed by atoms with van der Waals surface area (Å²) in [5.74, 6) is 0.120. The highest BCUT2D eigenvalue weighted by Crippen LogP contribution is 2.40. The summed E-state index contributed by atoms with van der Waals surface area (Å²) >= 11 is 0. The van der Waals surface area contributed by atoms with Gasteiger partial charge in [-0.2, -0.15) is 4.31 Å². The van der Waals surface area contributed by atoms with Gasteiger partial charge in [0.05, 0.1) is 6.26 Å². The smallest absolute Gasteiger partial charge is 0.246 e. The van der Waals surface area contributed by atoms with Crippen LogP contribution in [-0.2, 0) is 14.8 Å². The van der Waals surface area contributed by atoms with E-state index in [1.165, 1.54) is 4.31 Å². The molecule has 1 saturated heterocycles. The first-order valence-electron chi connectivity index (χ1n) is 7.95. The fourth-order valence-corrected chi connectivity index (χ4v) is 4.21. The number of fused-ring (bicyclic) bond motifs is 1. The van der Waals surface area contributed by atoms with Crippen LogP contribution in [0.3, 0.4) is 0 Å². The van der Waals surface area contributed by atoms with Crippen molar-refractivity contribution in [2.75, 3.05) is 18.1 Å². The fourth-order valence-electron chi connectivity index (χ4n) is 3.09. The summed E-state index contributed by atoms with van der Waals surface area (Å²) in [5.41, 5.74) is 0.555. The lowest BCUT2D eigenvalue weighted by molar-refractivity contribution is -0.120. The maximum atomic E-state index is 12.6. The predicted molar refractivity (Wildman–Crippen MR) is 89.6 cm³/mol. The lowest BCUT2D eigenvalue weighted by atomic mass is 10.0. The van der Waals surface area contributed by atoms with Gasteiger partial charge in [0.2, 0.25) is 21.7 Å². The number of nitrogens with zero attached hydrogens (tertiary/aromatic N) is 1. The molecule has 0 unspecified atom stereocenters. The largest absolute Gasteiger partial charge is 0.449 e. The molecule has 0 bridgehead atoms. The topological polar surface area (TPSA) is 84.9 Å². The molecule has 7 nitrogen and oxygen atoms in total. The molecule has 1 amide bonds. The molecule has 2 aliphatic rings. The number of amides is 1. The van der Waals surface area contributed by atoms with Crippen LogP contribution in [0.4, 0.5) is 5.69 Å². The van der Waals surface area contributed by atoms with E-state index in [-0.39, 0.29) is 5.91 Å². The average Bonchev–Trinajstić information content (AvgIpc) is 2.79. The summed E-state index contributed by atoms with van der Waals surface area (Å²) in [5, 5.41) is 2.79. The minimum atomic E-state index is -3.41. The second kappa shape index (κ2) is 5.93. The van der Waals surface area contributed by atoms with Crippen LogP contribution in [0.1, 0.15) is 33.1 Å². The van der Waals surface area contributed by atoms with Gasteiger partial charge in [0.25, 0.3) is 0 Å². The Hall–Kier alpha value is -1.80. The number of hydrogen-bond acceptors (Lipinski definition) is 5. The number of benzene rings is 1. The Bertz CT molecular complexity index is 760. The Kier molecular flexibility index (Phi) is 4.21. The van der Waals surface area contributed by atoms with Crippen LogP contribution in [0.15, 0.2) is 18.2 Å². The summed E-state index contributed by atoms with van der Waals surface area (Å²) in [6, 6.07) is 4.47. The van der Waals surface area contributed by atoms with E-state index in [0.29, 0.717) is 30.2 Å². The molecule has 0 aliphatic carbocycles. The summed E-state index contributed by atoms with van der Waals surface area (Å²) in [4.78, 5) is 12.6. The molecule has 8 heteroatoms. The molecular formula is C16H22N2O5S. The van der Waals surface area contributed by atoms with Gasteiger partial charge in [-0.25, -0.2) is 8.42 Å². The number of nitrogens with one attached hydrogen (secondary N) is 1. The Morgan fingerprint density at radius 2 is 1.96 bits per heavy atom. The van der Waals surface area contributed by atoms with Gasteiger partial charge >= 0.3 is 0 Å². The molecule has 1 N–H and O–H groups in total. The standard InChI is InChI=1S/C16H22N2O5S/c1-16(2)22-13-8-7-11(10-14(13)23-16)17-15(19)12-6-4-5-9-18(12)24(3,20)21/h7-8,10,12H,4-6,9H2,1-3H3,(H,17,19)/t12-/m1/s1.